The Balaban J connectivity index is 1.59. The Kier molecular flexibility index (Phi) is 11.7. The van der Waals surface area contributed by atoms with Crippen molar-refractivity contribution in [3.63, 3.8) is 0 Å². The topological polar surface area (TPSA) is 82.9 Å². The Bertz CT molecular complexity index is 1870. The fraction of sp³-hybridized carbons (Fsp3) is 0.568. The summed E-state index contributed by atoms with van der Waals surface area (Å²) in [6, 6.07) is 7.98. The first-order chi connectivity index (χ1) is 25.0. The third-order valence-electron chi connectivity index (χ3n) is 11.4. The fourth-order valence-electron chi connectivity index (χ4n) is 8.72. The summed E-state index contributed by atoms with van der Waals surface area (Å²) in [4.78, 5) is 18.3. The Morgan fingerprint density at radius 3 is 2.42 bits per heavy atom. The van der Waals surface area contributed by atoms with Crippen molar-refractivity contribution in [1.82, 2.24) is 15.3 Å². The van der Waals surface area contributed by atoms with E-state index in [1.165, 1.54) is 25.3 Å². The largest absolute Gasteiger partial charge is 0.508 e. The summed E-state index contributed by atoms with van der Waals surface area (Å²) in [7, 11) is 0. The molecular formula is C44H60FN5O2. The van der Waals surface area contributed by atoms with Gasteiger partial charge in [0.1, 0.15) is 17.4 Å². The quantitative estimate of drug-likeness (QED) is 0.162. The minimum atomic E-state index is -0.247. The third-order valence-corrected chi connectivity index (χ3v) is 11.4. The molecule has 6 rings (SSSR count). The van der Waals surface area contributed by atoms with E-state index in [-0.39, 0.29) is 23.0 Å². The molecule has 7 nitrogen and oxygen atoms in total. The second-order valence-corrected chi connectivity index (χ2v) is 16.0. The van der Waals surface area contributed by atoms with Crippen LogP contribution < -0.4 is 15.0 Å². The summed E-state index contributed by atoms with van der Waals surface area (Å²) >= 11 is 0. The Labute approximate surface area is 310 Å². The number of aryl methyl sites for hydroxylation is 1. The number of allylic oxidation sites excluding steroid dienone is 4. The van der Waals surface area contributed by atoms with Crippen LogP contribution in [0.1, 0.15) is 136 Å². The van der Waals surface area contributed by atoms with Crippen LogP contribution in [-0.2, 0) is 6.42 Å². The van der Waals surface area contributed by atoms with Crippen LogP contribution >= 0.6 is 0 Å². The lowest BCUT2D eigenvalue weighted by Gasteiger charge is -2.37. The van der Waals surface area contributed by atoms with Crippen LogP contribution in [0.25, 0.3) is 27.5 Å². The Morgan fingerprint density at radius 1 is 1.06 bits per heavy atom. The van der Waals surface area contributed by atoms with Gasteiger partial charge in [0.2, 0.25) is 0 Å². The van der Waals surface area contributed by atoms with Crippen molar-refractivity contribution in [2.75, 3.05) is 24.6 Å². The molecule has 2 fully saturated rings. The molecule has 2 bridgehead atoms. The molecule has 3 heterocycles. The van der Waals surface area contributed by atoms with Gasteiger partial charge in [-0.05, 0) is 105 Å². The van der Waals surface area contributed by atoms with E-state index in [2.05, 4.69) is 64.8 Å². The maximum absolute atomic E-state index is 15.5. The van der Waals surface area contributed by atoms with Crippen LogP contribution in [0.2, 0.25) is 0 Å². The van der Waals surface area contributed by atoms with Crippen LogP contribution in [0.5, 0.6) is 11.8 Å². The highest BCUT2D eigenvalue weighted by Crippen LogP contribution is 2.47. The van der Waals surface area contributed by atoms with Gasteiger partial charge in [-0.15, -0.1) is 0 Å². The summed E-state index contributed by atoms with van der Waals surface area (Å²) in [5, 5.41) is 16.5. The number of hydrogen-bond acceptors (Lipinski definition) is 7. The standard InChI is InChI=1S/C44H60FN5O2/c1-9-13-15-21-44(8,20-14-10-2)26-52-43-48-40-28(7)37(35-23-32(51)22-29-16-19-36(45)33(11-3)38(29)35)41(46-27(5)6)34(12-4)39(40)42(49-43)50-24-30-17-18-31(25-50)47-30/h12,16,19,22-23,27,30-31,47,51H,9-11,13-15,17-18,20-21,24-26H2,1-8H3/b34-12-,46-41?. The van der Waals surface area contributed by atoms with Crippen molar-refractivity contribution in [1.29, 1.82) is 0 Å². The first-order valence-corrected chi connectivity index (χ1v) is 20.0. The van der Waals surface area contributed by atoms with Crippen LogP contribution in [0.15, 0.2) is 35.3 Å². The van der Waals surface area contributed by atoms with Gasteiger partial charge in [0.25, 0.3) is 0 Å². The van der Waals surface area contributed by atoms with E-state index in [9.17, 15) is 5.11 Å². The maximum atomic E-state index is 15.5. The van der Waals surface area contributed by atoms with E-state index in [0.29, 0.717) is 36.7 Å². The van der Waals surface area contributed by atoms with Crippen LogP contribution in [0.4, 0.5) is 10.2 Å². The number of aliphatic imine (C=N–C) groups is 1. The predicted molar refractivity (Wildman–Crippen MR) is 215 cm³/mol. The minimum absolute atomic E-state index is 0.0178. The lowest BCUT2D eigenvalue weighted by Crippen LogP contribution is -2.51. The smallest absolute Gasteiger partial charge is 0.318 e. The van der Waals surface area contributed by atoms with Crippen molar-refractivity contribution in [3.05, 3.63) is 58.5 Å². The molecule has 1 aromatic heterocycles. The van der Waals surface area contributed by atoms with Gasteiger partial charge < -0.3 is 20.1 Å². The Morgan fingerprint density at radius 2 is 1.77 bits per heavy atom. The summed E-state index contributed by atoms with van der Waals surface area (Å²) < 4.78 is 22.3. The number of phenolic OH excluding ortho intramolecular Hbond substituents is 1. The van der Waals surface area contributed by atoms with Gasteiger partial charge in [0, 0.05) is 47.8 Å². The molecule has 2 saturated heterocycles. The Hall–Kier alpha value is -3.78. The van der Waals surface area contributed by atoms with E-state index in [4.69, 9.17) is 19.7 Å². The van der Waals surface area contributed by atoms with E-state index in [1.807, 2.05) is 6.92 Å². The average molecular weight is 710 g/mol. The number of phenols is 1. The monoisotopic (exact) mass is 709 g/mol. The average Bonchev–Trinajstić information content (AvgIpc) is 3.46. The number of nitrogens with zero attached hydrogens (tertiary/aromatic N) is 4. The molecule has 2 aliphatic heterocycles. The molecule has 0 spiro atoms. The second-order valence-electron chi connectivity index (χ2n) is 16.0. The SMILES string of the molecule is C/C=C1\C(=NC(C)C)C(c2cc(O)cc3ccc(F)c(CC)c23)=C(C)c2nc(OCC(C)(CCCC)CCCCC)nc(N3CC4CCC(C3)N4)c21. The number of nitrogens with one attached hydrogen (secondary N) is 1. The second kappa shape index (κ2) is 16.1. The number of aromatic nitrogens is 2. The minimum Gasteiger partial charge on any atom is -0.508 e. The van der Waals surface area contributed by atoms with E-state index in [1.54, 1.807) is 18.2 Å². The number of hydrogen-bond donors (Lipinski definition) is 2. The highest BCUT2D eigenvalue weighted by Gasteiger charge is 2.39. The van der Waals surface area contributed by atoms with Gasteiger partial charge in [-0.3, -0.25) is 4.99 Å². The number of rotatable bonds is 14. The first-order valence-electron chi connectivity index (χ1n) is 20.0. The molecule has 1 aliphatic carbocycles. The maximum Gasteiger partial charge on any atom is 0.318 e. The molecular weight excluding hydrogens is 650 g/mol. The highest BCUT2D eigenvalue weighted by molar-refractivity contribution is 6.51. The van der Waals surface area contributed by atoms with E-state index < -0.39 is 0 Å². The van der Waals surface area contributed by atoms with E-state index >= 15 is 4.39 Å². The third kappa shape index (κ3) is 7.64. The van der Waals surface area contributed by atoms with Crippen molar-refractivity contribution in [2.24, 2.45) is 10.4 Å². The number of unbranched alkanes of at least 4 members (excludes halogenated alkanes) is 3. The number of benzene rings is 2. The van der Waals surface area contributed by atoms with Gasteiger partial charge in [0.15, 0.2) is 0 Å². The van der Waals surface area contributed by atoms with Gasteiger partial charge in [-0.2, -0.15) is 9.97 Å². The fourth-order valence-corrected chi connectivity index (χ4v) is 8.72. The number of fused-ring (bicyclic) bond motifs is 4. The van der Waals surface area contributed by atoms with Gasteiger partial charge in [0.05, 0.1) is 23.6 Å². The van der Waals surface area contributed by atoms with Crippen LogP contribution in [0.3, 0.4) is 0 Å². The zero-order valence-electron chi connectivity index (χ0n) is 32.8. The lowest BCUT2D eigenvalue weighted by molar-refractivity contribution is 0.125. The molecule has 2 N–H and O–H groups in total. The van der Waals surface area contributed by atoms with Gasteiger partial charge in [-0.1, -0.05) is 71.9 Å². The summed E-state index contributed by atoms with van der Waals surface area (Å²) in [5.74, 6) is 0.777. The van der Waals surface area contributed by atoms with Crippen molar-refractivity contribution in [3.8, 4) is 11.8 Å². The number of aromatic hydroxyl groups is 1. The molecule has 8 heteroatoms. The zero-order valence-corrected chi connectivity index (χ0v) is 32.8. The molecule has 280 valence electrons. The predicted octanol–water partition coefficient (Wildman–Crippen LogP) is 10.3. The molecule has 3 atom stereocenters. The van der Waals surface area contributed by atoms with Gasteiger partial charge in [-0.25, -0.2) is 4.39 Å². The number of ether oxygens (including phenoxy) is 1. The van der Waals surface area contributed by atoms with Crippen LogP contribution in [0, 0.1) is 11.2 Å². The zero-order chi connectivity index (χ0) is 37.2. The van der Waals surface area contributed by atoms with Crippen molar-refractivity contribution >= 4 is 39.0 Å². The number of piperazine rings is 1. The van der Waals surface area contributed by atoms with Crippen molar-refractivity contribution < 1.29 is 14.2 Å². The summed E-state index contributed by atoms with van der Waals surface area (Å²) in [6.45, 7) is 19.4. The number of halogens is 1. The molecule has 3 aliphatic rings. The molecule has 0 saturated carbocycles. The molecule has 3 unspecified atom stereocenters. The summed E-state index contributed by atoms with van der Waals surface area (Å²) in [6.07, 6.45) is 13.1. The number of anilines is 1. The lowest BCUT2D eigenvalue weighted by atomic mass is 9.78. The first kappa shape index (κ1) is 38.0. The van der Waals surface area contributed by atoms with Gasteiger partial charge >= 0.3 is 6.01 Å². The van der Waals surface area contributed by atoms with Crippen LogP contribution in [-0.4, -0.2) is 58.6 Å². The van der Waals surface area contributed by atoms with E-state index in [0.717, 1.165) is 107 Å². The van der Waals surface area contributed by atoms with Crippen molar-refractivity contribution in [2.45, 2.75) is 138 Å². The summed E-state index contributed by atoms with van der Waals surface area (Å²) in [5.41, 5.74) is 6.75. The molecule has 2 aromatic carbocycles. The molecule has 52 heavy (non-hydrogen) atoms. The molecule has 0 radical (unpaired) electrons. The molecule has 0 amide bonds. The highest BCUT2D eigenvalue weighted by atomic mass is 19.1. The normalized spacial score (nSPS) is 21.5. The molecule has 3 aromatic rings.